The Balaban J connectivity index is 3.25. The number of hydrogen-bond donors (Lipinski definition) is 2. The third-order valence-corrected chi connectivity index (χ3v) is 2.71. The normalized spacial score (nSPS) is 12.3. The van der Waals surface area contributed by atoms with Crippen molar-refractivity contribution < 1.29 is 23.1 Å². The average molecular weight is 276 g/mol. The molecule has 19 heavy (non-hydrogen) atoms. The Kier molecular flexibility index (Phi) is 4.07. The molecule has 0 aliphatic heterocycles. The van der Waals surface area contributed by atoms with Gasteiger partial charge in [0.25, 0.3) is 0 Å². The van der Waals surface area contributed by atoms with Crippen LogP contribution < -0.4 is 5.32 Å². The molecule has 1 aromatic heterocycles. The molecule has 0 aliphatic carbocycles. The van der Waals surface area contributed by atoms with Gasteiger partial charge in [0.1, 0.15) is 11.5 Å². The van der Waals surface area contributed by atoms with E-state index in [4.69, 9.17) is 5.11 Å². The first kappa shape index (κ1) is 15.3. The zero-order valence-electron chi connectivity index (χ0n) is 10.8. The Morgan fingerprint density at radius 2 is 1.95 bits per heavy atom. The number of carbonyl (C=O) groups is 1. The Bertz CT molecular complexity index is 484. The van der Waals surface area contributed by atoms with Crippen LogP contribution in [0.4, 0.5) is 19.0 Å². The maximum Gasteiger partial charge on any atom is 0.433 e. The number of carboxylic acid groups (broad SMARTS) is 1. The van der Waals surface area contributed by atoms with Crippen molar-refractivity contribution in [3.8, 4) is 0 Å². The van der Waals surface area contributed by atoms with Crippen LogP contribution in [0.3, 0.4) is 0 Å². The summed E-state index contributed by atoms with van der Waals surface area (Å²) >= 11 is 0. The number of aromatic nitrogens is 1. The van der Waals surface area contributed by atoms with Gasteiger partial charge in [0.05, 0.1) is 5.56 Å². The molecule has 0 spiro atoms. The fraction of sp³-hybridized carbons (Fsp3) is 0.500. The molecule has 0 atom stereocenters. The highest BCUT2D eigenvalue weighted by atomic mass is 19.4. The molecule has 0 unspecified atom stereocenters. The number of aromatic carboxylic acids is 1. The number of alkyl halides is 3. The molecular formula is C12H15F3N2O2. The van der Waals surface area contributed by atoms with Crippen LogP contribution in [0.25, 0.3) is 0 Å². The summed E-state index contributed by atoms with van der Waals surface area (Å²) in [5.74, 6) is -1.52. The standard InChI is InChI=1S/C12H15F3N2O2/c1-4-11(2,3)17-9-6-7(10(18)19)5-8(16-9)12(13,14)15/h5-6H,4H2,1-3H3,(H,16,17)(H,18,19). The monoisotopic (exact) mass is 276 g/mol. The van der Waals surface area contributed by atoms with Gasteiger partial charge in [-0.15, -0.1) is 0 Å². The van der Waals surface area contributed by atoms with Gasteiger partial charge in [-0.05, 0) is 32.4 Å². The zero-order valence-corrected chi connectivity index (χ0v) is 10.8. The molecule has 0 aromatic carbocycles. The third kappa shape index (κ3) is 4.11. The molecule has 0 fully saturated rings. The van der Waals surface area contributed by atoms with E-state index in [1.807, 2.05) is 6.92 Å². The lowest BCUT2D eigenvalue weighted by molar-refractivity contribution is -0.141. The number of halogens is 3. The van der Waals surface area contributed by atoms with Gasteiger partial charge in [-0.3, -0.25) is 0 Å². The van der Waals surface area contributed by atoms with Crippen molar-refractivity contribution in [1.29, 1.82) is 0 Å². The third-order valence-electron chi connectivity index (χ3n) is 2.71. The molecule has 0 radical (unpaired) electrons. The topological polar surface area (TPSA) is 62.2 Å². The van der Waals surface area contributed by atoms with Crippen molar-refractivity contribution in [2.75, 3.05) is 5.32 Å². The van der Waals surface area contributed by atoms with Crippen LogP contribution in [0.2, 0.25) is 0 Å². The summed E-state index contributed by atoms with van der Waals surface area (Å²) in [5, 5.41) is 11.6. The summed E-state index contributed by atoms with van der Waals surface area (Å²) in [6.07, 6.45) is -4.04. The van der Waals surface area contributed by atoms with Crippen LogP contribution in [0.15, 0.2) is 12.1 Å². The van der Waals surface area contributed by atoms with Crippen LogP contribution in [0.1, 0.15) is 43.2 Å². The molecule has 0 saturated heterocycles. The van der Waals surface area contributed by atoms with E-state index in [1.54, 1.807) is 13.8 Å². The first-order valence-electron chi connectivity index (χ1n) is 5.66. The minimum Gasteiger partial charge on any atom is -0.478 e. The highest BCUT2D eigenvalue weighted by Crippen LogP contribution is 2.30. The first-order valence-corrected chi connectivity index (χ1v) is 5.66. The quantitative estimate of drug-likeness (QED) is 0.884. The SMILES string of the molecule is CCC(C)(C)Nc1cc(C(=O)O)cc(C(F)(F)F)n1. The number of nitrogens with one attached hydrogen (secondary N) is 1. The largest absolute Gasteiger partial charge is 0.478 e. The summed E-state index contributed by atoms with van der Waals surface area (Å²) in [6.45, 7) is 5.43. The molecular weight excluding hydrogens is 261 g/mol. The lowest BCUT2D eigenvalue weighted by Gasteiger charge is -2.25. The number of nitrogens with zero attached hydrogens (tertiary/aromatic N) is 1. The van der Waals surface area contributed by atoms with Crippen LogP contribution in [-0.2, 0) is 6.18 Å². The van der Waals surface area contributed by atoms with Crippen molar-refractivity contribution in [3.05, 3.63) is 23.4 Å². The van der Waals surface area contributed by atoms with Crippen LogP contribution in [0, 0.1) is 0 Å². The average Bonchev–Trinajstić information content (AvgIpc) is 2.26. The lowest BCUT2D eigenvalue weighted by Crippen LogP contribution is -2.30. The van der Waals surface area contributed by atoms with E-state index < -0.39 is 28.9 Å². The first-order chi connectivity index (χ1) is 8.55. The lowest BCUT2D eigenvalue weighted by atomic mass is 10.0. The van der Waals surface area contributed by atoms with Gasteiger partial charge in [-0.1, -0.05) is 6.92 Å². The van der Waals surface area contributed by atoms with Crippen molar-refractivity contribution in [1.82, 2.24) is 4.98 Å². The fourth-order valence-electron chi connectivity index (χ4n) is 1.30. The number of pyridine rings is 1. The van der Waals surface area contributed by atoms with Crippen LogP contribution >= 0.6 is 0 Å². The molecule has 0 amide bonds. The zero-order chi connectivity index (χ0) is 14.8. The van der Waals surface area contributed by atoms with E-state index in [0.29, 0.717) is 12.5 Å². The summed E-state index contributed by atoms with van der Waals surface area (Å²) in [5.41, 5.74) is -2.15. The fourth-order valence-corrected chi connectivity index (χ4v) is 1.30. The van der Waals surface area contributed by atoms with E-state index in [0.717, 1.165) is 6.07 Å². The van der Waals surface area contributed by atoms with E-state index in [9.17, 15) is 18.0 Å². The second-order valence-corrected chi connectivity index (χ2v) is 4.79. The number of hydrogen-bond acceptors (Lipinski definition) is 3. The number of carboxylic acids is 1. The molecule has 0 saturated carbocycles. The Morgan fingerprint density at radius 3 is 2.37 bits per heavy atom. The van der Waals surface area contributed by atoms with Crippen LogP contribution in [-0.4, -0.2) is 21.6 Å². The van der Waals surface area contributed by atoms with Gasteiger partial charge >= 0.3 is 12.1 Å². The maximum absolute atomic E-state index is 12.6. The molecule has 1 aromatic rings. The minimum absolute atomic E-state index is 0.0981. The van der Waals surface area contributed by atoms with Crippen molar-refractivity contribution in [2.24, 2.45) is 0 Å². The summed E-state index contributed by atoms with van der Waals surface area (Å²) in [6, 6.07) is 1.61. The van der Waals surface area contributed by atoms with E-state index in [-0.39, 0.29) is 5.82 Å². The van der Waals surface area contributed by atoms with Gasteiger partial charge in [0.2, 0.25) is 0 Å². The summed E-state index contributed by atoms with van der Waals surface area (Å²) in [7, 11) is 0. The molecule has 7 heteroatoms. The Hall–Kier alpha value is -1.79. The number of anilines is 1. The highest BCUT2D eigenvalue weighted by Gasteiger charge is 2.34. The van der Waals surface area contributed by atoms with Gasteiger partial charge in [-0.25, -0.2) is 9.78 Å². The molecule has 1 heterocycles. The molecule has 1 rings (SSSR count). The minimum atomic E-state index is -4.68. The van der Waals surface area contributed by atoms with Gasteiger partial charge in [0.15, 0.2) is 0 Å². The van der Waals surface area contributed by atoms with Crippen LogP contribution in [0.5, 0.6) is 0 Å². The molecule has 0 bridgehead atoms. The van der Waals surface area contributed by atoms with Crippen molar-refractivity contribution >= 4 is 11.8 Å². The second kappa shape index (κ2) is 5.07. The highest BCUT2D eigenvalue weighted by molar-refractivity contribution is 5.88. The van der Waals surface area contributed by atoms with Crippen molar-refractivity contribution in [3.63, 3.8) is 0 Å². The molecule has 0 aliphatic rings. The summed E-state index contributed by atoms with van der Waals surface area (Å²) in [4.78, 5) is 14.3. The molecule has 106 valence electrons. The van der Waals surface area contributed by atoms with E-state index >= 15 is 0 Å². The second-order valence-electron chi connectivity index (χ2n) is 4.79. The number of rotatable bonds is 4. The Labute approximate surface area is 108 Å². The molecule has 2 N–H and O–H groups in total. The smallest absolute Gasteiger partial charge is 0.433 e. The van der Waals surface area contributed by atoms with E-state index in [1.165, 1.54) is 0 Å². The maximum atomic E-state index is 12.6. The predicted molar refractivity (Wildman–Crippen MR) is 64.2 cm³/mol. The van der Waals surface area contributed by atoms with Gasteiger partial charge in [-0.2, -0.15) is 13.2 Å². The van der Waals surface area contributed by atoms with E-state index in [2.05, 4.69) is 10.3 Å². The van der Waals surface area contributed by atoms with Gasteiger partial charge < -0.3 is 10.4 Å². The Morgan fingerprint density at radius 1 is 1.37 bits per heavy atom. The predicted octanol–water partition coefficient (Wildman–Crippen LogP) is 3.40. The molecule has 4 nitrogen and oxygen atoms in total. The van der Waals surface area contributed by atoms with Gasteiger partial charge in [0, 0.05) is 5.54 Å². The van der Waals surface area contributed by atoms with Crippen molar-refractivity contribution in [2.45, 2.75) is 38.9 Å². The summed E-state index contributed by atoms with van der Waals surface area (Å²) < 4.78 is 37.9.